The molecule has 1 saturated carbocycles. The summed E-state index contributed by atoms with van der Waals surface area (Å²) in [6.45, 7) is 0.0892. The van der Waals surface area contributed by atoms with Crippen LogP contribution in [0, 0.1) is 10.1 Å². The molecular weight excluding hydrogens is 525 g/mol. The molecule has 7 nitrogen and oxygen atoms in total. The van der Waals surface area contributed by atoms with Crippen LogP contribution >= 0.6 is 23.2 Å². The minimum absolute atomic E-state index is 0.0675. The maximum Gasteiger partial charge on any atom is 0.273 e. The third kappa shape index (κ3) is 7.11. The molecule has 38 heavy (non-hydrogen) atoms. The fraction of sp³-hybridized carbons (Fsp3) is 0.310. The quantitative estimate of drug-likeness (QED) is 0.241. The van der Waals surface area contributed by atoms with Crippen molar-refractivity contribution in [2.75, 3.05) is 0 Å². The summed E-state index contributed by atoms with van der Waals surface area (Å²) in [6, 6.07) is 20.0. The average molecular weight is 554 g/mol. The van der Waals surface area contributed by atoms with Gasteiger partial charge in [0.05, 0.1) is 21.4 Å². The maximum atomic E-state index is 13.9. The van der Waals surface area contributed by atoms with Gasteiger partial charge in [-0.15, -0.1) is 0 Å². The summed E-state index contributed by atoms with van der Waals surface area (Å²) >= 11 is 12.4. The third-order valence-electron chi connectivity index (χ3n) is 6.84. The van der Waals surface area contributed by atoms with Gasteiger partial charge in [0.2, 0.25) is 11.8 Å². The second-order valence-electron chi connectivity index (χ2n) is 9.53. The number of para-hydroxylation sites is 1. The fourth-order valence-corrected chi connectivity index (χ4v) is 5.18. The van der Waals surface area contributed by atoms with Gasteiger partial charge in [-0.2, -0.15) is 0 Å². The predicted octanol–water partition coefficient (Wildman–Crippen LogP) is 6.14. The highest BCUT2D eigenvalue weighted by molar-refractivity contribution is 6.42. The van der Waals surface area contributed by atoms with Crippen molar-refractivity contribution in [1.82, 2.24) is 10.2 Å². The van der Waals surface area contributed by atoms with Gasteiger partial charge in [-0.1, -0.05) is 90.6 Å². The van der Waals surface area contributed by atoms with E-state index < -0.39 is 16.9 Å². The number of hydrogen-bond donors (Lipinski definition) is 1. The zero-order valence-electron chi connectivity index (χ0n) is 20.8. The van der Waals surface area contributed by atoms with Crippen molar-refractivity contribution in [3.8, 4) is 0 Å². The van der Waals surface area contributed by atoms with E-state index in [0.29, 0.717) is 22.0 Å². The summed E-state index contributed by atoms with van der Waals surface area (Å²) in [5, 5.41) is 15.5. The highest BCUT2D eigenvalue weighted by atomic mass is 35.5. The molecule has 0 aliphatic heterocycles. The lowest BCUT2D eigenvalue weighted by molar-refractivity contribution is -0.385. The molecule has 1 N–H and O–H groups in total. The molecule has 1 atom stereocenters. The van der Waals surface area contributed by atoms with Crippen LogP contribution in [0.25, 0.3) is 0 Å². The van der Waals surface area contributed by atoms with E-state index in [1.165, 1.54) is 11.0 Å². The van der Waals surface area contributed by atoms with Gasteiger partial charge in [0.1, 0.15) is 6.04 Å². The van der Waals surface area contributed by atoms with Crippen molar-refractivity contribution in [2.45, 2.75) is 57.2 Å². The van der Waals surface area contributed by atoms with Crippen LogP contribution in [0.5, 0.6) is 0 Å². The first-order valence-corrected chi connectivity index (χ1v) is 13.4. The second-order valence-corrected chi connectivity index (χ2v) is 10.3. The second kappa shape index (κ2) is 12.9. The Hall–Kier alpha value is -3.42. The van der Waals surface area contributed by atoms with Crippen LogP contribution < -0.4 is 5.32 Å². The molecule has 198 valence electrons. The summed E-state index contributed by atoms with van der Waals surface area (Å²) in [6.07, 6.45) is 3.99. The Bertz CT molecular complexity index is 1300. The summed E-state index contributed by atoms with van der Waals surface area (Å²) in [4.78, 5) is 40.2. The van der Waals surface area contributed by atoms with Gasteiger partial charge >= 0.3 is 0 Å². The van der Waals surface area contributed by atoms with Crippen molar-refractivity contribution in [1.29, 1.82) is 0 Å². The molecule has 4 rings (SSSR count). The molecule has 0 unspecified atom stereocenters. The molecule has 9 heteroatoms. The Kier molecular flexibility index (Phi) is 9.37. The van der Waals surface area contributed by atoms with Gasteiger partial charge in [-0.25, -0.2) is 0 Å². The summed E-state index contributed by atoms with van der Waals surface area (Å²) < 4.78 is 0. The Morgan fingerprint density at radius 3 is 2.32 bits per heavy atom. The van der Waals surface area contributed by atoms with E-state index >= 15 is 0 Å². The number of nitrogens with one attached hydrogen (secondary N) is 1. The van der Waals surface area contributed by atoms with E-state index in [-0.39, 0.29) is 36.2 Å². The van der Waals surface area contributed by atoms with Gasteiger partial charge < -0.3 is 10.2 Å². The van der Waals surface area contributed by atoms with Crippen LogP contribution in [0.3, 0.4) is 0 Å². The first-order valence-electron chi connectivity index (χ1n) is 12.6. The predicted molar refractivity (Wildman–Crippen MR) is 148 cm³/mol. The van der Waals surface area contributed by atoms with Crippen LogP contribution in [0.1, 0.15) is 42.4 Å². The average Bonchev–Trinajstić information content (AvgIpc) is 3.42. The van der Waals surface area contributed by atoms with Crippen LogP contribution in [-0.2, 0) is 29.0 Å². The lowest BCUT2D eigenvalue weighted by Crippen LogP contribution is -2.52. The van der Waals surface area contributed by atoms with Gasteiger partial charge in [0.25, 0.3) is 5.69 Å². The molecule has 1 aliphatic rings. The largest absolute Gasteiger partial charge is 0.352 e. The molecule has 0 heterocycles. The van der Waals surface area contributed by atoms with E-state index in [9.17, 15) is 19.7 Å². The molecule has 0 spiro atoms. The molecule has 3 aromatic rings. The van der Waals surface area contributed by atoms with Crippen LogP contribution in [0.2, 0.25) is 10.0 Å². The van der Waals surface area contributed by atoms with Gasteiger partial charge in [-0.05, 0) is 36.1 Å². The topological polar surface area (TPSA) is 92.6 Å². The minimum atomic E-state index is -0.831. The van der Waals surface area contributed by atoms with Crippen molar-refractivity contribution in [3.05, 3.63) is 110 Å². The number of amides is 2. The lowest BCUT2D eigenvalue weighted by Gasteiger charge is -2.32. The van der Waals surface area contributed by atoms with Crippen LogP contribution in [-0.4, -0.2) is 33.7 Å². The number of nitro groups is 1. The van der Waals surface area contributed by atoms with E-state index in [0.717, 1.165) is 31.2 Å². The number of halogens is 2. The third-order valence-corrected chi connectivity index (χ3v) is 7.58. The molecule has 0 radical (unpaired) electrons. The highest BCUT2D eigenvalue weighted by Crippen LogP contribution is 2.26. The van der Waals surface area contributed by atoms with E-state index in [2.05, 4.69) is 5.32 Å². The summed E-state index contributed by atoms with van der Waals surface area (Å²) in [5.41, 5.74) is 1.75. The SMILES string of the molecule is O=C(NC1CCCC1)[C@H](Cc1ccccc1)N(Cc1ccc(Cl)c(Cl)c1)C(=O)Cc1ccccc1[N+](=O)[O-]. The lowest BCUT2D eigenvalue weighted by atomic mass is 10.0. The molecule has 0 aromatic heterocycles. The van der Waals surface area contributed by atoms with Crippen molar-refractivity contribution < 1.29 is 14.5 Å². The Labute approximate surface area is 231 Å². The highest BCUT2D eigenvalue weighted by Gasteiger charge is 2.33. The smallest absolute Gasteiger partial charge is 0.273 e. The number of rotatable bonds is 10. The first kappa shape index (κ1) is 27.6. The van der Waals surface area contributed by atoms with E-state index in [1.807, 2.05) is 30.3 Å². The number of benzene rings is 3. The first-order chi connectivity index (χ1) is 18.3. The zero-order valence-corrected chi connectivity index (χ0v) is 22.3. The van der Waals surface area contributed by atoms with Gasteiger partial charge in [0, 0.05) is 30.6 Å². The van der Waals surface area contributed by atoms with Gasteiger partial charge in [0.15, 0.2) is 0 Å². The number of nitrogens with zero attached hydrogens (tertiary/aromatic N) is 2. The van der Waals surface area contributed by atoms with E-state index in [1.54, 1.807) is 36.4 Å². The maximum absolute atomic E-state index is 13.9. The molecule has 1 aliphatic carbocycles. The minimum Gasteiger partial charge on any atom is -0.352 e. The summed E-state index contributed by atoms with van der Waals surface area (Å²) in [7, 11) is 0. The normalized spacial score (nSPS) is 14.2. The zero-order chi connectivity index (χ0) is 27.1. The Morgan fingerprint density at radius 2 is 1.63 bits per heavy atom. The van der Waals surface area contributed by atoms with Crippen molar-refractivity contribution in [2.24, 2.45) is 0 Å². The monoisotopic (exact) mass is 553 g/mol. The van der Waals surface area contributed by atoms with Gasteiger partial charge in [-0.3, -0.25) is 19.7 Å². The van der Waals surface area contributed by atoms with Crippen molar-refractivity contribution >= 4 is 40.7 Å². The number of carbonyl (C=O) groups is 2. The fourth-order valence-electron chi connectivity index (χ4n) is 4.86. The number of hydrogen-bond acceptors (Lipinski definition) is 4. The Balaban J connectivity index is 1.71. The molecule has 2 amide bonds. The molecular formula is C29H29Cl2N3O4. The number of nitro benzene ring substituents is 1. The Morgan fingerprint density at radius 1 is 0.947 bits per heavy atom. The van der Waals surface area contributed by atoms with Crippen LogP contribution in [0.15, 0.2) is 72.8 Å². The van der Waals surface area contributed by atoms with Crippen LogP contribution in [0.4, 0.5) is 5.69 Å². The molecule has 0 bridgehead atoms. The van der Waals surface area contributed by atoms with E-state index in [4.69, 9.17) is 23.2 Å². The standard InChI is InChI=1S/C29H29Cl2N3O4/c30-24-15-14-21(16-25(24)31)19-33(28(35)18-22-10-4-7-13-26(22)34(37)38)27(17-20-8-2-1-3-9-20)29(36)32-23-11-5-6-12-23/h1-4,7-10,13-16,23,27H,5-6,11-12,17-19H2,(H,32,36)/t27-/m0/s1. The summed E-state index contributed by atoms with van der Waals surface area (Å²) in [5.74, 6) is -0.635. The number of carbonyl (C=O) groups excluding carboxylic acids is 2. The van der Waals surface area contributed by atoms with Crippen molar-refractivity contribution in [3.63, 3.8) is 0 Å². The molecule has 1 fully saturated rings. The molecule has 3 aromatic carbocycles. The molecule has 0 saturated heterocycles.